The Hall–Kier alpha value is -3.13. The molecular formula is C26H25F3N2O2S. The Kier molecular flexibility index (Phi) is 6.06. The van der Waals surface area contributed by atoms with E-state index in [0.717, 1.165) is 11.6 Å². The average molecular weight is 487 g/mol. The highest BCUT2D eigenvalue weighted by molar-refractivity contribution is 7.92. The van der Waals surface area contributed by atoms with E-state index in [4.69, 9.17) is 0 Å². The van der Waals surface area contributed by atoms with Gasteiger partial charge >= 0.3 is 6.18 Å². The van der Waals surface area contributed by atoms with Gasteiger partial charge in [-0.3, -0.25) is 9.71 Å². The number of hydrogen-bond acceptors (Lipinski definition) is 3. The molecule has 0 radical (unpaired) electrons. The van der Waals surface area contributed by atoms with Crippen molar-refractivity contribution in [1.29, 1.82) is 0 Å². The number of halogens is 3. The van der Waals surface area contributed by atoms with Crippen molar-refractivity contribution < 1.29 is 21.6 Å². The first-order valence-electron chi connectivity index (χ1n) is 10.8. The van der Waals surface area contributed by atoms with Crippen molar-refractivity contribution in [3.05, 3.63) is 94.5 Å². The van der Waals surface area contributed by atoms with E-state index < -0.39 is 21.8 Å². The van der Waals surface area contributed by atoms with E-state index in [0.29, 0.717) is 41.1 Å². The molecule has 34 heavy (non-hydrogen) atoms. The Bertz CT molecular complexity index is 1340. The van der Waals surface area contributed by atoms with Crippen LogP contribution in [0.3, 0.4) is 0 Å². The monoisotopic (exact) mass is 486 g/mol. The first-order valence-corrected chi connectivity index (χ1v) is 12.3. The Morgan fingerprint density at radius 1 is 0.853 bits per heavy atom. The number of nitrogens with zero attached hydrogens (tertiary/aromatic N) is 1. The minimum atomic E-state index is -4.39. The minimum absolute atomic E-state index is 0.0830. The predicted octanol–water partition coefficient (Wildman–Crippen LogP) is 6.20. The summed E-state index contributed by atoms with van der Waals surface area (Å²) in [7, 11) is -3.77. The molecule has 0 amide bonds. The highest BCUT2D eigenvalue weighted by atomic mass is 32.2. The quantitative estimate of drug-likeness (QED) is 0.478. The maximum atomic E-state index is 13.1. The van der Waals surface area contributed by atoms with Gasteiger partial charge in [0.05, 0.1) is 16.2 Å². The lowest BCUT2D eigenvalue weighted by molar-refractivity contribution is -0.137. The number of sulfonamides is 1. The summed E-state index contributed by atoms with van der Waals surface area (Å²) in [5.41, 5.74) is 3.22. The third-order valence-electron chi connectivity index (χ3n) is 5.78. The molecule has 0 atom stereocenters. The summed E-state index contributed by atoms with van der Waals surface area (Å²) in [6.45, 7) is 6.56. The Balaban J connectivity index is 1.55. The number of aliphatic imine (C=N–C) groups is 1. The molecule has 0 saturated heterocycles. The smallest absolute Gasteiger partial charge is 0.284 e. The standard InChI is InChI=1S/C26H25F3N2O2S/c1-25(2,3)19-6-11-22(12-7-19)34(32,33)31-21-9-4-17(5-10-21)24-23-13-8-20(26(27,28)29)16-18(23)14-15-30-24/h4-13,16,31H,14-15H2,1-3H3. The van der Waals surface area contributed by atoms with Gasteiger partial charge < -0.3 is 0 Å². The molecule has 3 aromatic rings. The van der Waals surface area contributed by atoms with E-state index in [1.54, 1.807) is 48.5 Å². The molecule has 1 aliphatic heterocycles. The number of rotatable bonds is 4. The first-order chi connectivity index (χ1) is 15.8. The summed E-state index contributed by atoms with van der Waals surface area (Å²) in [4.78, 5) is 4.67. The molecule has 0 fully saturated rings. The molecule has 1 heterocycles. The van der Waals surface area contributed by atoms with Crippen LogP contribution < -0.4 is 4.72 Å². The molecular weight excluding hydrogens is 461 g/mol. The van der Waals surface area contributed by atoms with Crippen LogP contribution >= 0.6 is 0 Å². The van der Waals surface area contributed by atoms with Crippen molar-refractivity contribution in [2.75, 3.05) is 11.3 Å². The van der Waals surface area contributed by atoms with E-state index in [2.05, 4.69) is 30.5 Å². The molecule has 4 rings (SSSR count). The van der Waals surface area contributed by atoms with Gasteiger partial charge in [0, 0.05) is 23.4 Å². The maximum absolute atomic E-state index is 13.1. The molecule has 0 saturated carbocycles. The van der Waals surface area contributed by atoms with Crippen molar-refractivity contribution in [2.45, 2.75) is 43.7 Å². The van der Waals surface area contributed by atoms with Gasteiger partial charge in [0.1, 0.15) is 0 Å². The summed E-state index contributed by atoms with van der Waals surface area (Å²) in [6.07, 6.45) is -3.95. The fourth-order valence-corrected chi connectivity index (χ4v) is 4.93. The van der Waals surface area contributed by atoms with E-state index >= 15 is 0 Å². The molecule has 0 bridgehead atoms. The van der Waals surface area contributed by atoms with Gasteiger partial charge in [0.25, 0.3) is 10.0 Å². The lowest BCUT2D eigenvalue weighted by atomic mass is 9.87. The van der Waals surface area contributed by atoms with E-state index in [9.17, 15) is 21.6 Å². The van der Waals surface area contributed by atoms with Crippen molar-refractivity contribution in [2.24, 2.45) is 4.99 Å². The van der Waals surface area contributed by atoms with E-state index in [1.807, 2.05) is 0 Å². The molecule has 0 aliphatic carbocycles. The molecule has 1 aliphatic rings. The number of benzene rings is 3. The maximum Gasteiger partial charge on any atom is 0.416 e. The summed E-state index contributed by atoms with van der Waals surface area (Å²) < 4.78 is 67.4. The van der Waals surface area contributed by atoms with Gasteiger partial charge in [-0.2, -0.15) is 13.2 Å². The van der Waals surface area contributed by atoms with Crippen LogP contribution in [0.25, 0.3) is 0 Å². The van der Waals surface area contributed by atoms with Crippen LogP contribution in [0.1, 0.15) is 48.6 Å². The number of anilines is 1. The van der Waals surface area contributed by atoms with Crippen LogP contribution in [-0.4, -0.2) is 20.7 Å². The van der Waals surface area contributed by atoms with Crippen LogP contribution in [0.15, 0.2) is 76.6 Å². The highest BCUT2D eigenvalue weighted by Crippen LogP contribution is 2.32. The molecule has 178 valence electrons. The van der Waals surface area contributed by atoms with E-state index in [-0.39, 0.29) is 10.3 Å². The zero-order valence-electron chi connectivity index (χ0n) is 19.1. The van der Waals surface area contributed by atoms with Crippen molar-refractivity contribution >= 4 is 21.4 Å². The molecule has 4 nitrogen and oxygen atoms in total. The highest BCUT2D eigenvalue weighted by Gasteiger charge is 2.31. The molecule has 0 aromatic heterocycles. The lowest BCUT2D eigenvalue weighted by Crippen LogP contribution is -2.17. The summed E-state index contributed by atoms with van der Waals surface area (Å²) >= 11 is 0. The Morgan fingerprint density at radius 2 is 1.47 bits per heavy atom. The van der Waals surface area contributed by atoms with Crippen LogP contribution in [0.2, 0.25) is 0 Å². The molecule has 3 aromatic carbocycles. The Labute approximate surface area is 197 Å². The normalized spacial score (nSPS) is 14.4. The average Bonchev–Trinajstić information content (AvgIpc) is 2.77. The molecule has 8 heteroatoms. The number of nitrogens with one attached hydrogen (secondary N) is 1. The summed E-state index contributed by atoms with van der Waals surface area (Å²) in [5.74, 6) is 0. The molecule has 1 N–H and O–H groups in total. The number of hydrogen-bond donors (Lipinski definition) is 1. The van der Waals surface area contributed by atoms with Crippen LogP contribution in [-0.2, 0) is 28.0 Å². The fraction of sp³-hybridized carbons (Fsp3) is 0.269. The largest absolute Gasteiger partial charge is 0.416 e. The zero-order chi connectivity index (χ0) is 24.7. The summed E-state index contributed by atoms with van der Waals surface area (Å²) in [6, 6.07) is 17.1. The second-order valence-electron chi connectivity index (χ2n) is 9.31. The SMILES string of the molecule is CC(C)(C)c1ccc(S(=O)(=O)Nc2ccc(C3=NCCc4cc(C(F)(F)F)ccc43)cc2)cc1. The summed E-state index contributed by atoms with van der Waals surface area (Å²) in [5, 5.41) is 0. The van der Waals surface area contributed by atoms with Crippen LogP contribution in [0.5, 0.6) is 0 Å². The lowest BCUT2D eigenvalue weighted by Gasteiger charge is -2.20. The van der Waals surface area contributed by atoms with Gasteiger partial charge in [-0.05, 0) is 59.4 Å². The van der Waals surface area contributed by atoms with Crippen LogP contribution in [0.4, 0.5) is 18.9 Å². The van der Waals surface area contributed by atoms with E-state index in [1.165, 1.54) is 12.1 Å². The fourth-order valence-electron chi connectivity index (χ4n) is 3.87. The third kappa shape index (κ3) is 5.01. The van der Waals surface area contributed by atoms with Gasteiger partial charge in [0.15, 0.2) is 0 Å². The second kappa shape index (κ2) is 8.58. The number of fused-ring (bicyclic) bond motifs is 1. The first kappa shape index (κ1) is 24.0. The molecule has 0 unspecified atom stereocenters. The minimum Gasteiger partial charge on any atom is -0.284 e. The predicted molar refractivity (Wildman–Crippen MR) is 128 cm³/mol. The zero-order valence-corrected chi connectivity index (χ0v) is 19.9. The number of alkyl halides is 3. The second-order valence-corrected chi connectivity index (χ2v) is 11.0. The van der Waals surface area contributed by atoms with Gasteiger partial charge in [-0.1, -0.05) is 51.1 Å². The third-order valence-corrected chi connectivity index (χ3v) is 7.18. The van der Waals surface area contributed by atoms with Gasteiger partial charge in [0.2, 0.25) is 0 Å². The molecule has 0 spiro atoms. The van der Waals surface area contributed by atoms with Crippen LogP contribution in [0, 0.1) is 0 Å². The van der Waals surface area contributed by atoms with Crippen molar-refractivity contribution in [3.8, 4) is 0 Å². The van der Waals surface area contributed by atoms with Gasteiger partial charge in [-0.25, -0.2) is 8.42 Å². The Morgan fingerprint density at radius 3 is 2.06 bits per heavy atom. The van der Waals surface area contributed by atoms with Crippen molar-refractivity contribution in [3.63, 3.8) is 0 Å². The van der Waals surface area contributed by atoms with Gasteiger partial charge in [-0.15, -0.1) is 0 Å². The van der Waals surface area contributed by atoms with Crippen molar-refractivity contribution in [1.82, 2.24) is 0 Å². The topological polar surface area (TPSA) is 58.5 Å².